The predicted octanol–water partition coefficient (Wildman–Crippen LogP) is 4.73. The van der Waals surface area contributed by atoms with Gasteiger partial charge in [0.1, 0.15) is 0 Å². The Morgan fingerprint density at radius 3 is 1.00 bits per heavy atom. The zero-order chi connectivity index (χ0) is 21.8. The molecule has 0 radical (unpaired) electrons. The van der Waals surface area contributed by atoms with Crippen molar-refractivity contribution in [3.63, 3.8) is 0 Å². The quantitative estimate of drug-likeness (QED) is 0.354. The average Bonchev–Trinajstić information content (AvgIpc) is 2.44. The first-order chi connectivity index (χ1) is 11.8. The van der Waals surface area contributed by atoms with E-state index >= 15 is 0 Å². The Kier molecular flexibility index (Phi) is 9.83. The summed E-state index contributed by atoms with van der Waals surface area (Å²) in [7, 11) is 0. The molecule has 0 saturated carbocycles. The molecule has 0 N–H and O–H groups in total. The van der Waals surface area contributed by atoms with Gasteiger partial charge in [-0.25, -0.2) is 0 Å². The van der Waals surface area contributed by atoms with E-state index in [1.165, 1.54) is 0 Å². The van der Waals surface area contributed by atoms with Crippen molar-refractivity contribution in [3.05, 3.63) is 0 Å². The van der Waals surface area contributed by atoms with Crippen LogP contribution in [0.2, 0.25) is 2.78 Å². The molecular weight excluding hydrogens is 416 g/mol. The Morgan fingerprint density at radius 2 is 0.778 bits per heavy atom. The van der Waals surface area contributed by atoms with Crippen LogP contribution in [0.4, 0.5) is 0 Å². The van der Waals surface area contributed by atoms with Gasteiger partial charge >= 0.3 is 190 Å². The summed E-state index contributed by atoms with van der Waals surface area (Å²) < 4.78 is 1.66. The molecule has 0 spiro atoms. The fourth-order valence-electron chi connectivity index (χ4n) is 2.55. The molecule has 27 heavy (non-hydrogen) atoms. The molecule has 0 unspecified atom stereocenters. The number of hydrogen-bond acceptors (Lipinski definition) is 4. The van der Waals surface area contributed by atoms with Gasteiger partial charge in [-0.1, -0.05) is 0 Å². The number of Topliss-reactive ketones (excluding diaryl/α,β-unsaturated/α-hetero) is 4. The van der Waals surface area contributed by atoms with Crippen molar-refractivity contribution in [1.29, 1.82) is 0 Å². The van der Waals surface area contributed by atoms with Crippen molar-refractivity contribution in [1.82, 2.24) is 0 Å². The first kappa shape index (κ1) is 27.2. The Balaban J connectivity index is 4.74. The van der Waals surface area contributed by atoms with Crippen LogP contribution in [-0.4, -0.2) is 64.2 Å². The third-order valence-electron chi connectivity index (χ3n) is 5.43. The van der Waals surface area contributed by atoms with Crippen molar-refractivity contribution in [2.45, 2.75) is 84.9 Å². The van der Waals surface area contributed by atoms with Crippen molar-refractivity contribution in [3.8, 4) is 0 Å². The van der Waals surface area contributed by atoms with Crippen molar-refractivity contribution in [2.24, 2.45) is 21.7 Å². The first-order valence-corrected chi connectivity index (χ1v) is 14.9. The van der Waals surface area contributed by atoms with E-state index in [4.69, 9.17) is 0 Å². The molecule has 0 aromatic heterocycles. The van der Waals surface area contributed by atoms with E-state index in [2.05, 4.69) is 0 Å². The fourth-order valence-corrected chi connectivity index (χ4v) is 8.70. The van der Waals surface area contributed by atoms with Crippen LogP contribution in [0.5, 0.6) is 0 Å². The summed E-state index contributed by atoms with van der Waals surface area (Å²) in [5.74, 6) is -0.0312. The second-order valence-electron chi connectivity index (χ2n) is 11.2. The summed E-state index contributed by atoms with van der Waals surface area (Å²) in [6.07, 6.45) is -0.0183. The molecule has 0 aliphatic heterocycles. The van der Waals surface area contributed by atoms with Crippen LogP contribution in [0, 0.1) is 21.7 Å². The van der Waals surface area contributed by atoms with Crippen LogP contribution in [0.25, 0.3) is 0 Å². The SMILES string of the molecule is CC(C)(C)C(=O)CC(=O)C(C)(C)[CH2][Sr][CH2]C(C)(C)C(=O)CC(=O)C(C)(C)C. The third kappa shape index (κ3) is 9.47. The molecule has 0 atom stereocenters. The van der Waals surface area contributed by atoms with E-state index in [-0.39, 0.29) is 36.0 Å². The third-order valence-corrected chi connectivity index (χ3v) is 13.3. The van der Waals surface area contributed by atoms with E-state index in [1.807, 2.05) is 69.2 Å². The second-order valence-corrected chi connectivity index (χ2v) is 15.4. The molecule has 0 aromatic rings. The molecule has 0 amide bonds. The number of carbonyl (C=O) groups is 4. The number of ketones is 4. The molecule has 0 aliphatic carbocycles. The van der Waals surface area contributed by atoms with Gasteiger partial charge in [-0.15, -0.1) is 0 Å². The molecule has 0 aliphatic rings. The molecule has 4 nitrogen and oxygen atoms in total. The van der Waals surface area contributed by atoms with Crippen LogP contribution in [0.1, 0.15) is 82.1 Å². The van der Waals surface area contributed by atoms with Crippen LogP contribution in [-0.2, 0) is 19.2 Å². The van der Waals surface area contributed by atoms with E-state index in [9.17, 15) is 19.2 Å². The summed E-state index contributed by atoms with van der Waals surface area (Å²) in [4.78, 5) is 49.4. The zero-order valence-electron chi connectivity index (χ0n) is 19.2. The molecule has 0 bridgehead atoms. The van der Waals surface area contributed by atoms with Gasteiger partial charge in [0.2, 0.25) is 0 Å². The number of rotatable bonds is 10. The zero-order valence-corrected chi connectivity index (χ0v) is 22.6. The Bertz CT molecular complexity index is 534. The van der Waals surface area contributed by atoms with Gasteiger partial charge in [-0.05, 0) is 0 Å². The van der Waals surface area contributed by atoms with Crippen molar-refractivity contribution >= 4 is 64.2 Å². The van der Waals surface area contributed by atoms with Gasteiger partial charge in [0, 0.05) is 0 Å². The Hall–Kier alpha value is 0.161. The molecule has 0 aromatic carbocycles. The van der Waals surface area contributed by atoms with Crippen molar-refractivity contribution in [2.75, 3.05) is 0 Å². The minimum atomic E-state index is -1.39. The second kappa shape index (κ2) is 9.78. The van der Waals surface area contributed by atoms with Gasteiger partial charge in [0.25, 0.3) is 0 Å². The fraction of sp³-hybridized carbons (Fsp3) is 0.818. The molecule has 0 saturated heterocycles. The molecular formula is C22H38O4Sr. The molecule has 0 rings (SSSR count). The minimum absolute atomic E-state index is 0.00571. The van der Waals surface area contributed by atoms with Gasteiger partial charge in [-0.2, -0.15) is 0 Å². The predicted molar refractivity (Wildman–Crippen MR) is 111 cm³/mol. The molecule has 0 fully saturated rings. The van der Waals surface area contributed by atoms with Gasteiger partial charge in [-0.3, -0.25) is 0 Å². The van der Waals surface area contributed by atoms with Crippen LogP contribution in [0.3, 0.4) is 0 Å². The Morgan fingerprint density at radius 1 is 0.519 bits per heavy atom. The van der Waals surface area contributed by atoms with Gasteiger partial charge < -0.3 is 0 Å². The monoisotopic (exact) mass is 454 g/mol. The van der Waals surface area contributed by atoms with E-state index < -0.39 is 62.7 Å². The summed E-state index contributed by atoms with van der Waals surface area (Å²) in [6.45, 7) is 18.7. The maximum absolute atomic E-state index is 12.6. The molecule has 0 heterocycles. The van der Waals surface area contributed by atoms with E-state index in [0.29, 0.717) is 0 Å². The standard InChI is InChI=1S/2C11H19O2.Sr/c2*1-10(2,3)8(12)7-9(13)11(4,5)6;/h2*1,7H2,2-6H3;. The van der Waals surface area contributed by atoms with Crippen LogP contribution < -0.4 is 0 Å². The summed E-state index contributed by atoms with van der Waals surface area (Å²) in [5, 5.41) is 0. The van der Waals surface area contributed by atoms with Gasteiger partial charge in [0.15, 0.2) is 0 Å². The van der Waals surface area contributed by atoms with Crippen LogP contribution >= 0.6 is 0 Å². The number of hydrogen-bond donors (Lipinski definition) is 0. The normalized spacial score (nSPS) is 13.1. The Labute approximate surface area is 188 Å². The molecule has 5 heteroatoms. The summed E-state index contributed by atoms with van der Waals surface area (Å²) in [5.41, 5.74) is -2.00. The maximum atomic E-state index is 12.6. The first-order valence-electron chi connectivity index (χ1n) is 9.94. The number of carbonyl (C=O) groups excluding carboxylic acids is 4. The van der Waals surface area contributed by atoms with E-state index in [1.54, 1.807) is 0 Å². The summed E-state index contributed by atoms with van der Waals surface area (Å²) >= 11 is -1.39. The molecule has 152 valence electrons. The average molecular weight is 454 g/mol. The summed E-state index contributed by atoms with van der Waals surface area (Å²) in [6, 6.07) is 0. The van der Waals surface area contributed by atoms with Gasteiger partial charge in [0.05, 0.1) is 0 Å². The van der Waals surface area contributed by atoms with E-state index in [0.717, 1.165) is 2.78 Å². The van der Waals surface area contributed by atoms with Crippen molar-refractivity contribution < 1.29 is 19.2 Å². The van der Waals surface area contributed by atoms with Crippen LogP contribution in [0.15, 0.2) is 0 Å². The topological polar surface area (TPSA) is 68.3 Å².